The van der Waals surface area contributed by atoms with E-state index in [1.54, 1.807) is 0 Å². The third-order valence-electron chi connectivity index (χ3n) is 3.79. The number of rotatable bonds is 8. The minimum atomic E-state index is -0.174. The average Bonchev–Trinajstić information content (AvgIpc) is 2.35. The number of carbonyl (C=O) groups is 1. The second kappa shape index (κ2) is 8.86. The van der Waals surface area contributed by atoms with Crippen LogP contribution in [0.2, 0.25) is 0 Å². The Hall–Kier alpha value is -1.31. The maximum atomic E-state index is 12.2. The molecule has 0 bridgehead atoms. The molecule has 0 spiro atoms. The van der Waals surface area contributed by atoms with E-state index in [-0.39, 0.29) is 5.97 Å². The molecular formula is C19H30O2. The van der Waals surface area contributed by atoms with Crippen molar-refractivity contribution in [3.8, 4) is 0 Å². The topological polar surface area (TPSA) is 26.3 Å². The van der Waals surface area contributed by atoms with Gasteiger partial charge in [-0.15, -0.1) is 0 Å². The number of aryl methyl sites for hydroxylation is 3. The Morgan fingerprint density at radius 2 is 1.57 bits per heavy atom. The van der Waals surface area contributed by atoms with E-state index in [2.05, 4.69) is 13.8 Å². The van der Waals surface area contributed by atoms with Crippen LogP contribution < -0.4 is 0 Å². The Morgan fingerprint density at radius 1 is 1.00 bits per heavy atom. The maximum Gasteiger partial charge on any atom is 0.338 e. The molecule has 0 aliphatic rings. The van der Waals surface area contributed by atoms with Crippen LogP contribution in [-0.2, 0) is 4.74 Å². The molecule has 0 heterocycles. The lowest BCUT2D eigenvalue weighted by molar-refractivity contribution is 0.0496. The van der Waals surface area contributed by atoms with Crippen molar-refractivity contribution >= 4 is 5.97 Å². The highest BCUT2D eigenvalue weighted by molar-refractivity contribution is 5.92. The first-order valence-corrected chi connectivity index (χ1v) is 8.16. The van der Waals surface area contributed by atoms with Gasteiger partial charge in [0.2, 0.25) is 0 Å². The second-order valence-corrected chi connectivity index (χ2v) is 6.51. The van der Waals surface area contributed by atoms with E-state index in [0.717, 1.165) is 35.4 Å². The Bertz CT molecular complexity index is 438. The summed E-state index contributed by atoms with van der Waals surface area (Å²) in [6, 6.07) is 4.07. The van der Waals surface area contributed by atoms with Gasteiger partial charge in [0.1, 0.15) is 0 Å². The van der Waals surface area contributed by atoms with Gasteiger partial charge in [0.25, 0.3) is 0 Å². The van der Waals surface area contributed by atoms with Crippen LogP contribution in [0.4, 0.5) is 0 Å². The van der Waals surface area contributed by atoms with E-state index in [1.165, 1.54) is 24.8 Å². The average molecular weight is 290 g/mol. The molecule has 1 rings (SSSR count). The molecule has 0 aliphatic carbocycles. The molecule has 1 aromatic rings. The van der Waals surface area contributed by atoms with E-state index < -0.39 is 0 Å². The van der Waals surface area contributed by atoms with Crippen molar-refractivity contribution in [3.05, 3.63) is 34.4 Å². The molecule has 0 N–H and O–H groups in total. The van der Waals surface area contributed by atoms with Gasteiger partial charge in [-0.05, 0) is 44.2 Å². The van der Waals surface area contributed by atoms with Gasteiger partial charge in [-0.1, -0.05) is 57.2 Å². The molecule has 0 aromatic heterocycles. The smallest absolute Gasteiger partial charge is 0.338 e. The highest BCUT2D eigenvalue weighted by Gasteiger charge is 2.13. The van der Waals surface area contributed by atoms with E-state index in [1.807, 2.05) is 32.9 Å². The van der Waals surface area contributed by atoms with Crippen LogP contribution in [0.3, 0.4) is 0 Å². The first-order chi connectivity index (χ1) is 9.91. The summed E-state index contributed by atoms with van der Waals surface area (Å²) in [5.41, 5.74) is 3.94. The normalized spacial score (nSPS) is 11.0. The zero-order valence-electron chi connectivity index (χ0n) is 14.3. The Balaban J connectivity index is 2.32. The van der Waals surface area contributed by atoms with Crippen LogP contribution >= 0.6 is 0 Å². The number of benzene rings is 1. The Kier molecular flexibility index (Phi) is 7.49. The van der Waals surface area contributed by atoms with E-state index in [0.29, 0.717) is 6.61 Å². The number of hydrogen-bond acceptors (Lipinski definition) is 2. The van der Waals surface area contributed by atoms with Gasteiger partial charge in [-0.3, -0.25) is 0 Å². The second-order valence-electron chi connectivity index (χ2n) is 6.51. The van der Waals surface area contributed by atoms with Gasteiger partial charge < -0.3 is 4.74 Å². The van der Waals surface area contributed by atoms with Crippen molar-refractivity contribution in [1.82, 2.24) is 0 Å². The molecule has 118 valence electrons. The SMILES string of the molecule is Cc1cc(C)c(C(=O)OCCCCCCC(C)C)c(C)c1. The molecule has 2 nitrogen and oxygen atoms in total. The van der Waals surface area contributed by atoms with Crippen LogP contribution in [0.15, 0.2) is 12.1 Å². The van der Waals surface area contributed by atoms with Crippen molar-refractivity contribution in [2.75, 3.05) is 6.61 Å². The maximum absolute atomic E-state index is 12.2. The Morgan fingerprint density at radius 3 is 2.14 bits per heavy atom. The summed E-state index contributed by atoms with van der Waals surface area (Å²) in [7, 11) is 0. The summed E-state index contributed by atoms with van der Waals surface area (Å²) in [6.07, 6.45) is 5.92. The van der Waals surface area contributed by atoms with Gasteiger partial charge in [0.05, 0.1) is 12.2 Å². The zero-order valence-corrected chi connectivity index (χ0v) is 14.3. The highest BCUT2D eigenvalue weighted by Crippen LogP contribution is 2.17. The van der Waals surface area contributed by atoms with Gasteiger partial charge in [0, 0.05) is 0 Å². The minimum absolute atomic E-state index is 0.174. The molecule has 0 atom stereocenters. The monoisotopic (exact) mass is 290 g/mol. The molecule has 2 heteroatoms. The van der Waals surface area contributed by atoms with Crippen molar-refractivity contribution < 1.29 is 9.53 Å². The first-order valence-electron chi connectivity index (χ1n) is 8.16. The lowest BCUT2D eigenvalue weighted by Crippen LogP contribution is -2.10. The highest BCUT2D eigenvalue weighted by atomic mass is 16.5. The Labute approximate surface area is 129 Å². The third-order valence-corrected chi connectivity index (χ3v) is 3.79. The molecule has 21 heavy (non-hydrogen) atoms. The van der Waals surface area contributed by atoms with Crippen LogP contribution in [0.5, 0.6) is 0 Å². The molecule has 0 saturated heterocycles. The standard InChI is InChI=1S/C19H30O2/c1-14(2)10-8-6-7-9-11-21-19(20)18-16(4)12-15(3)13-17(18)5/h12-14H,6-11H2,1-5H3. The van der Waals surface area contributed by atoms with Crippen molar-refractivity contribution in [3.63, 3.8) is 0 Å². The summed E-state index contributed by atoms with van der Waals surface area (Å²) >= 11 is 0. The van der Waals surface area contributed by atoms with Crippen molar-refractivity contribution in [2.45, 2.75) is 66.7 Å². The number of hydrogen-bond donors (Lipinski definition) is 0. The lowest BCUT2D eigenvalue weighted by atomic mass is 10.00. The number of unbranched alkanes of at least 4 members (excludes halogenated alkanes) is 3. The van der Waals surface area contributed by atoms with E-state index in [9.17, 15) is 4.79 Å². The van der Waals surface area contributed by atoms with E-state index >= 15 is 0 Å². The van der Waals surface area contributed by atoms with Crippen molar-refractivity contribution in [2.24, 2.45) is 5.92 Å². The summed E-state index contributed by atoms with van der Waals surface area (Å²) < 4.78 is 5.42. The summed E-state index contributed by atoms with van der Waals surface area (Å²) in [4.78, 5) is 12.2. The van der Waals surface area contributed by atoms with E-state index in [4.69, 9.17) is 4.74 Å². The van der Waals surface area contributed by atoms with Crippen LogP contribution in [0.25, 0.3) is 0 Å². The van der Waals surface area contributed by atoms with Gasteiger partial charge in [-0.2, -0.15) is 0 Å². The molecule has 0 aliphatic heterocycles. The predicted octanol–water partition coefficient (Wildman–Crippen LogP) is 5.38. The molecule has 0 fully saturated rings. The van der Waals surface area contributed by atoms with Gasteiger partial charge in [-0.25, -0.2) is 4.79 Å². The third kappa shape index (κ3) is 6.33. The molecule has 0 saturated carbocycles. The first kappa shape index (κ1) is 17.7. The summed E-state index contributed by atoms with van der Waals surface area (Å²) in [5, 5.41) is 0. The van der Waals surface area contributed by atoms with Crippen LogP contribution in [0.1, 0.15) is 73.0 Å². The lowest BCUT2D eigenvalue weighted by Gasteiger charge is -2.11. The fourth-order valence-corrected chi connectivity index (χ4v) is 2.75. The molecule has 1 aromatic carbocycles. The fourth-order valence-electron chi connectivity index (χ4n) is 2.75. The number of carbonyl (C=O) groups excluding carboxylic acids is 1. The summed E-state index contributed by atoms with van der Waals surface area (Å²) in [5.74, 6) is 0.613. The molecule has 0 amide bonds. The van der Waals surface area contributed by atoms with Gasteiger partial charge >= 0.3 is 5.97 Å². The number of ether oxygens (including phenoxy) is 1. The summed E-state index contributed by atoms with van der Waals surface area (Å²) in [6.45, 7) is 11.0. The van der Waals surface area contributed by atoms with Crippen LogP contribution in [0, 0.1) is 26.7 Å². The molecule has 0 unspecified atom stereocenters. The van der Waals surface area contributed by atoms with Crippen LogP contribution in [-0.4, -0.2) is 12.6 Å². The predicted molar refractivity (Wildman–Crippen MR) is 88.9 cm³/mol. The minimum Gasteiger partial charge on any atom is -0.462 e. The largest absolute Gasteiger partial charge is 0.462 e. The quantitative estimate of drug-likeness (QED) is 0.475. The molecular weight excluding hydrogens is 260 g/mol. The zero-order chi connectivity index (χ0) is 15.8. The van der Waals surface area contributed by atoms with Gasteiger partial charge in [0.15, 0.2) is 0 Å². The fraction of sp³-hybridized carbons (Fsp3) is 0.632. The van der Waals surface area contributed by atoms with Crippen molar-refractivity contribution in [1.29, 1.82) is 0 Å². The number of esters is 1. The molecule has 0 radical (unpaired) electrons.